The van der Waals surface area contributed by atoms with E-state index in [0.29, 0.717) is 4.88 Å². The van der Waals surface area contributed by atoms with Crippen LogP contribution in [0, 0.1) is 0 Å². The number of fused-ring (bicyclic) bond motifs is 1. The van der Waals surface area contributed by atoms with Crippen molar-refractivity contribution in [1.82, 2.24) is 14.6 Å². The number of carbonyl (C=O) groups is 1. The molecule has 23 heavy (non-hydrogen) atoms. The molecule has 0 fully saturated rings. The molecular formula is C14H10F3N3O2S. The molecule has 0 saturated heterocycles. The molecule has 0 N–H and O–H groups in total. The van der Waals surface area contributed by atoms with Gasteiger partial charge in [-0.05, 0) is 24.4 Å². The van der Waals surface area contributed by atoms with Crippen molar-refractivity contribution in [2.45, 2.75) is 13.1 Å². The first-order valence-electron chi connectivity index (χ1n) is 6.58. The van der Waals surface area contributed by atoms with Gasteiger partial charge in [0.2, 0.25) is 0 Å². The van der Waals surface area contributed by atoms with Crippen LogP contribution in [0.3, 0.4) is 0 Å². The molecule has 9 heteroatoms. The number of nitrogens with zero attached hydrogens (tertiary/aromatic N) is 3. The highest BCUT2D eigenvalue weighted by molar-refractivity contribution is 7.13. The fourth-order valence-corrected chi connectivity index (χ4v) is 2.79. The third-order valence-electron chi connectivity index (χ3n) is 3.03. The lowest BCUT2D eigenvalue weighted by atomic mass is 10.2. The Morgan fingerprint density at radius 3 is 2.83 bits per heavy atom. The number of aromatic nitrogens is 3. The van der Waals surface area contributed by atoms with Crippen molar-refractivity contribution in [3.05, 3.63) is 41.0 Å². The number of thiophene rings is 1. The van der Waals surface area contributed by atoms with E-state index >= 15 is 0 Å². The monoisotopic (exact) mass is 341 g/mol. The van der Waals surface area contributed by atoms with Crippen LogP contribution >= 0.6 is 11.3 Å². The zero-order chi connectivity index (χ0) is 16.6. The number of esters is 1. The summed E-state index contributed by atoms with van der Waals surface area (Å²) in [5.74, 6) is -0.758. The van der Waals surface area contributed by atoms with Gasteiger partial charge in [0.1, 0.15) is 11.3 Å². The van der Waals surface area contributed by atoms with Crippen LogP contribution in [0.15, 0.2) is 29.8 Å². The predicted molar refractivity (Wildman–Crippen MR) is 77.3 cm³/mol. The number of halogens is 3. The third kappa shape index (κ3) is 2.79. The van der Waals surface area contributed by atoms with Crippen LogP contribution in [-0.2, 0) is 10.9 Å². The molecule has 0 aliphatic heterocycles. The lowest BCUT2D eigenvalue weighted by Crippen LogP contribution is -2.12. The molecule has 0 saturated carbocycles. The topological polar surface area (TPSA) is 56.5 Å². The maximum absolute atomic E-state index is 13.1. The molecule has 0 spiro atoms. The standard InChI is InChI=1S/C14H10F3N3O2S/c1-2-22-13(21)8-7-18-20-9(10-4-3-5-23-10)6-11(14(15,16)17)19-12(8)20/h3-7H,2H2,1H3. The Kier molecular flexibility index (Phi) is 3.80. The molecule has 120 valence electrons. The summed E-state index contributed by atoms with van der Waals surface area (Å²) in [5, 5.41) is 5.73. The van der Waals surface area contributed by atoms with E-state index in [1.807, 2.05) is 0 Å². The summed E-state index contributed by atoms with van der Waals surface area (Å²) in [7, 11) is 0. The first kappa shape index (κ1) is 15.5. The lowest BCUT2D eigenvalue weighted by Gasteiger charge is -2.10. The highest BCUT2D eigenvalue weighted by Gasteiger charge is 2.34. The maximum Gasteiger partial charge on any atom is 0.433 e. The fourth-order valence-electron chi connectivity index (χ4n) is 2.06. The van der Waals surface area contributed by atoms with Gasteiger partial charge in [-0.15, -0.1) is 11.3 Å². The van der Waals surface area contributed by atoms with Gasteiger partial charge < -0.3 is 4.74 Å². The second-order valence-corrected chi connectivity index (χ2v) is 5.46. The molecule has 0 amide bonds. The van der Waals surface area contributed by atoms with Gasteiger partial charge in [0.05, 0.1) is 23.4 Å². The number of hydrogen-bond acceptors (Lipinski definition) is 5. The minimum Gasteiger partial charge on any atom is -0.462 e. The van der Waals surface area contributed by atoms with E-state index in [9.17, 15) is 18.0 Å². The SMILES string of the molecule is CCOC(=O)c1cnn2c(-c3cccs3)cc(C(F)(F)F)nc12. The molecule has 0 bridgehead atoms. The van der Waals surface area contributed by atoms with Gasteiger partial charge in [0.15, 0.2) is 5.65 Å². The smallest absolute Gasteiger partial charge is 0.433 e. The van der Waals surface area contributed by atoms with E-state index in [4.69, 9.17) is 4.74 Å². The van der Waals surface area contributed by atoms with Crippen molar-refractivity contribution < 1.29 is 22.7 Å². The average molecular weight is 341 g/mol. The normalized spacial score (nSPS) is 11.8. The van der Waals surface area contributed by atoms with Gasteiger partial charge in [-0.3, -0.25) is 0 Å². The Morgan fingerprint density at radius 1 is 1.43 bits per heavy atom. The molecule has 0 unspecified atom stereocenters. The minimum absolute atomic E-state index is 0.101. The van der Waals surface area contributed by atoms with Crippen LogP contribution in [0.4, 0.5) is 13.2 Å². The Morgan fingerprint density at radius 2 is 2.22 bits per heavy atom. The van der Waals surface area contributed by atoms with E-state index in [1.54, 1.807) is 24.4 Å². The molecule has 0 radical (unpaired) electrons. The van der Waals surface area contributed by atoms with Crippen LogP contribution in [0.25, 0.3) is 16.2 Å². The van der Waals surface area contributed by atoms with E-state index in [1.165, 1.54) is 15.9 Å². The van der Waals surface area contributed by atoms with Crippen molar-refractivity contribution in [3.63, 3.8) is 0 Å². The highest BCUT2D eigenvalue weighted by Crippen LogP contribution is 2.33. The maximum atomic E-state index is 13.1. The Labute approximate surface area is 132 Å². The van der Waals surface area contributed by atoms with E-state index in [0.717, 1.165) is 12.3 Å². The third-order valence-corrected chi connectivity index (χ3v) is 3.92. The summed E-state index contributed by atoms with van der Waals surface area (Å²) < 4.78 is 45.4. The zero-order valence-electron chi connectivity index (χ0n) is 11.8. The van der Waals surface area contributed by atoms with Gasteiger partial charge >= 0.3 is 12.1 Å². The van der Waals surface area contributed by atoms with Crippen molar-refractivity contribution in [1.29, 1.82) is 0 Å². The molecule has 0 aromatic carbocycles. The number of ether oxygens (including phenoxy) is 1. The first-order chi connectivity index (χ1) is 10.9. The summed E-state index contributed by atoms with van der Waals surface area (Å²) >= 11 is 1.27. The lowest BCUT2D eigenvalue weighted by molar-refractivity contribution is -0.141. The van der Waals surface area contributed by atoms with Crippen molar-refractivity contribution in [2.24, 2.45) is 0 Å². The van der Waals surface area contributed by atoms with Gasteiger partial charge in [-0.2, -0.15) is 18.3 Å². The summed E-state index contributed by atoms with van der Waals surface area (Å²) in [5.41, 5.74) is -1.15. The molecule has 3 aromatic rings. The van der Waals surface area contributed by atoms with E-state index in [-0.39, 0.29) is 23.5 Å². The number of hydrogen-bond donors (Lipinski definition) is 0. The van der Waals surface area contributed by atoms with Gasteiger partial charge in [0, 0.05) is 0 Å². The average Bonchev–Trinajstić information content (AvgIpc) is 3.15. The van der Waals surface area contributed by atoms with Crippen LogP contribution in [0.2, 0.25) is 0 Å². The minimum atomic E-state index is -4.63. The zero-order valence-corrected chi connectivity index (χ0v) is 12.6. The molecule has 3 aromatic heterocycles. The Hall–Kier alpha value is -2.42. The molecule has 3 rings (SSSR count). The molecule has 3 heterocycles. The Bertz CT molecular complexity index is 856. The molecule has 0 aliphatic rings. The summed E-state index contributed by atoms with van der Waals surface area (Å²) in [4.78, 5) is 16.0. The van der Waals surface area contributed by atoms with Crippen LogP contribution < -0.4 is 0 Å². The van der Waals surface area contributed by atoms with Crippen molar-refractivity contribution >= 4 is 23.0 Å². The number of rotatable bonds is 3. The summed E-state index contributed by atoms with van der Waals surface area (Å²) in [6.45, 7) is 1.71. The van der Waals surface area contributed by atoms with Gasteiger partial charge in [0.25, 0.3) is 0 Å². The second-order valence-electron chi connectivity index (χ2n) is 4.52. The van der Waals surface area contributed by atoms with Gasteiger partial charge in [-0.1, -0.05) is 6.07 Å². The predicted octanol–water partition coefficient (Wildman–Crippen LogP) is 3.65. The van der Waals surface area contributed by atoms with E-state index < -0.39 is 17.8 Å². The largest absolute Gasteiger partial charge is 0.462 e. The van der Waals surface area contributed by atoms with Gasteiger partial charge in [-0.25, -0.2) is 14.3 Å². The van der Waals surface area contributed by atoms with Crippen LogP contribution in [0.1, 0.15) is 23.0 Å². The highest BCUT2D eigenvalue weighted by atomic mass is 32.1. The number of alkyl halides is 3. The number of carbonyl (C=O) groups excluding carboxylic acids is 1. The summed E-state index contributed by atoms with van der Waals surface area (Å²) in [6, 6.07) is 4.31. The summed E-state index contributed by atoms with van der Waals surface area (Å²) in [6.07, 6.45) is -3.47. The Balaban J connectivity index is 2.28. The first-order valence-corrected chi connectivity index (χ1v) is 7.46. The quantitative estimate of drug-likeness (QED) is 0.682. The molecular weight excluding hydrogens is 331 g/mol. The van der Waals surface area contributed by atoms with Crippen molar-refractivity contribution in [3.8, 4) is 10.6 Å². The molecule has 5 nitrogen and oxygen atoms in total. The van der Waals surface area contributed by atoms with Crippen LogP contribution in [0.5, 0.6) is 0 Å². The molecule has 0 atom stereocenters. The van der Waals surface area contributed by atoms with Crippen LogP contribution in [-0.4, -0.2) is 27.2 Å². The molecule has 0 aliphatic carbocycles. The fraction of sp³-hybridized carbons (Fsp3) is 0.214. The second kappa shape index (κ2) is 5.65. The van der Waals surface area contributed by atoms with Crippen molar-refractivity contribution in [2.75, 3.05) is 6.61 Å². The van der Waals surface area contributed by atoms with E-state index in [2.05, 4.69) is 10.1 Å².